The van der Waals surface area contributed by atoms with E-state index in [2.05, 4.69) is 125 Å². The van der Waals surface area contributed by atoms with Crippen molar-refractivity contribution in [3.63, 3.8) is 0 Å². The number of benzene rings is 9. The van der Waals surface area contributed by atoms with E-state index in [9.17, 15) is 38.9 Å². The van der Waals surface area contributed by atoms with Gasteiger partial charge in [0, 0.05) is 99.1 Å². The molecule has 0 radical (unpaired) electrons. The van der Waals surface area contributed by atoms with Gasteiger partial charge in [-0.25, -0.2) is 47.5 Å². The smallest absolute Gasteiger partial charge is 0.478 e. The predicted octanol–water partition coefficient (Wildman–Crippen LogP) is 20.0. The van der Waals surface area contributed by atoms with Crippen molar-refractivity contribution in [2.45, 2.75) is 94.4 Å². The van der Waals surface area contributed by atoms with Crippen LogP contribution in [0.2, 0.25) is 42.5 Å². The summed E-state index contributed by atoms with van der Waals surface area (Å²) in [5.74, 6) is 4.59. The molecule has 2 amide bonds. The van der Waals surface area contributed by atoms with Gasteiger partial charge in [-0.15, -0.1) is 27.6 Å². The normalized spacial score (nSPS) is 12.8. The fraction of sp³-hybridized carbons (Fsp3) is 0.265. The average Bonchev–Trinajstić information content (AvgIpc) is 1.65. The number of piperidine rings is 4. The number of rotatable bonds is 14. The van der Waals surface area contributed by atoms with Crippen LogP contribution in [0.15, 0.2) is 240 Å². The molecule has 34 nitrogen and oxygen atoms in total. The fourth-order valence-electron chi connectivity index (χ4n) is 14.0. The third-order valence-electron chi connectivity index (χ3n) is 20.9. The van der Waals surface area contributed by atoms with E-state index in [1.165, 1.54) is 140 Å². The number of likely N-dealkylation sites (tertiary alicyclic amines) is 2. The molecule has 0 saturated carbocycles. The number of halogens is 7. The lowest BCUT2D eigenvalue weighted by Crippen LogP contribution is -2.35. The van der Waals surface area contributed by atoms with Crippen LogP contribution in [0.1, 0.15) is 139 Å². The van der Waals surface area contributed by atoms with Gasteiger partial charge in [0.2, 0.25) is 0 Å². The van der Waals surface area contributed by atoms with Gasteiger partial charge in [-0.1, -0.05) is 118 Å². The van der Waals surface area contributed by atoms with Gasteiger partial charge in [-0.2, -0.15) is 10.2 Å². The van der Waals surface area contributed by atoms with Gasteiger partial charge in [0.25, 0.3) is 31.7 Å². The zero-order valence-electron chi connectivity index (χ0n) is 78.0. The summed E-state index contributed by atoms with van der Waals surface area (Å²) in [6.45, 7) is 8.37. The number of amides is 2. The minimum Gasteiger partial charge on any atom is -0.478 e. The molecular formula is C98H105AlBBr2Cl5N20O14. The highest BCUT2D eigenvalue weighted by molar-refractivity contribution is 9.11. The minimum absolute atomic E-state index is 0.0516. The number of esters is 3. The highest BCUT2D eigenvalue weighted by atomic mass is 79.9. The lowest BCUT2D eigenvalue weighted by molar-refractivity contribution is -0.384. The van der Waals surface area contributed by atoms with Crippen LogP contribution in [-0.2, 0) is 14.2 Å². The standard InChI is InChI=1S/C18H17ClN4O.C14H10ClN3O2.C14H11ClN2O4.C14H13ClN2O2.C12H13BrN4O.C7H4BrN3O2.C6H6BClO2.2C5H11N.3CH3.Al/c19-14-5-4-6-15(12-14)23-17-8-7-13(11-16(17)20-21-23)18(24)22-9-2-1-3-10-22;1-20-14(19)9-5-6-13-12(7-9)16-17-18(13)11-4-2-3-10(15)8-11;1-21-14(18)9-5-6-12(13(7-9)17(19)20)16-11-4-2-3-10(15)8-11;1-19-14(18)9-5-6-13(12(16)7-9)17-11-4-2-3-10(15)8-11;13-10-7-15-17-8-9(6-14-11(10)17)12(18)16-4-2-1-3-5-16;8-5-2-10-11-3-4(7(12)13)1-9-6(5)11;8-6-3-1-2-5(4-6)7(9)10;2*1-2-4-6-5-3-1;;;;/h4-8,11-12H,1-3,9-10H2;2-8H,1H3;2-8,16H,1H3;2-8,17H,16H2,1H3;6-8H,1-5H2;1-3H,(H,12,13);1-4,9-10H;2*6H,1-5H2;3*1H3;. The number of nitrogen functional groups attached to an aromatic ring is 1. The lowest BCUT2D eigenvalue weighted by atomic mass is 9.81. The summed E-state index contributed by atoms with van der Waals surface area (Å²) in [5, 5.41) is 77.2. The molecule has 9 aromatic carbocycles. The van der Waals surface area contributed by atoms with E-state index in [1.807, 2.05) is 76.5 Å². The monoisotopic (exact) mass is 2160 g/mol. The van der Waals surface area contributed by atoms with E-state index in [-0.39, 0.29) is 48.5 Å². The molecule has 10 heterocycles. The van der Waals surface area contributed by atoms with Gasteiger partial charge in [0.15, 0.2) is 11.3 Å². The van der Waals surface area contributed by atoms with E-state index in [0.717, 1.165) is 94.6 Å². The van der Waals surface area contributed by atoms with Gasteiger partial charge in [0.1, 0.15) is 16.7 Å². The summed E-state index contributed by atoms with van der Waals surface area (Å²) in [5.41, 5.74) is 17.2. The number of nitrogens with two attached hydrogens (primary N) is 1. The van der Waals surface area contributed by atoms with E-state index in [0.29, 0.717) is 86.6 Å². The number of nitrogens with one attached hydrogen (secondary N) is 4. The molecule has 4 saturated heterocycles. The highest BCUT2D eigenvalue weighted by Crippen LogP contribution is 2.32. The average molecular weight is 2160 g/mol. The Morgan fingerprint density at radius 2 is 0.837 bits per heavy atom. The second-order valence-electron chi connectivity index (χ2n) is 32.4. The van der Waals surface area contributed by atoms with Gasteiger partial charge in [-0.05, 0) is 279 Å². The fourth-order valence-corrected chi connectivity index (χ4v) is 15.7. The molecule has 736 valence electrons. The number of aromatic carboxylic acids is 1. The summed E-state index contributed by atoms with van der Waals surface area (Å²) in [4.78, 5) is 92.3. The first-order chi connectivity index (χ1) is 67.9. The number of hydrogen-bond acceptors (Lipinski definition) is 26. The number of methoxy groups -OCH3 is 3. The largest absolute Gasteiger partial charge is 0.488 e. The topological polar surface area (TPSA) is 436 Å². The van der Waals surface area contributed by atoms with Gasteiger partial charge >= 0.3 is 31.0 Å². The zero-order chi connectivity index (χ0) is 101. The molecule has 6 aromatic heterocycles. The lowest BCUT2D eigenvalue weighted by Gasteiger charge is -2.26. The summed E-state index contributed by atoms with van der Waals surface area (Å²) in [7, 11) is 2.46. The maximum atomic E-state index is 12.6. The number of hydrogen-bond donors (Lipinski definition) is 8. The van der Waals surface area contributed by atoms with Crippen molar-refractivity contribution in [3.05, 3.63) is 309 Å². The van der Waals surface area contributed by atoms with Crippen molar-refractivity contribution in [1.29, 1.82) is 0 Å². The van der Waals surface area contributed by atoms with Crippen LogP contribution in [0, 0.1) is 10.1 Å². The minimum atomic E-state index is -1.43. The predicted molar refractivity (Wildman–Crippen MR) is 561 cm³/mol. The third-order valence-corrected chi connectivity index (χ3v) is 23.2. The number of fused-ring (bicyclic) bond motifs is 4. The first kappa shape index (κ1) is 110. The van der Waals surface area contributed by atoms with E-state index < -0.39 is 35.9 Å². The Labute approximate surface area is 860 Å². The van der Waals surface area contributed by atoms with Crippen LogP contribution < -0.4 is 32.5 Å². The molecule has 4 aliphatic rings. The molecule has 141 heavy (non-hydrogen) atoms. The summed E-state index contributed by atoms with van der Waals surface area (Å²) in [6.07, 6.45) is 24.5. The number of nitrogens with zero attached hydrogens (tertiary/aromatic N) is 15. The van der Waals surface area contributed by atoms with Gasteiger partial charge < -0.3 is 66.2 Å². The number of carboxylic acids is 1. The Kier molecular flexibility index (Phi) is 44.5. The first-order valence-electron chi connectivity index (χ1n) is 44.9. The summed E-state index contributed by atoms with van der Waals surface area (Å²) >= 11 is 35.8. The number of ether oxygens (including phenoxy) is 3. The molecule has 0 unspecified atom stereocenters. The molecule has 43 heteroatoms. The zero-order valence-corrected chi connectivity index (χ0v) is 86.1. The van der Waals surface area contributed by atoms with Crippen molar-refractivity contribution >= 4 is 220 Å². The molecular weight excluding hydrogens is 2060 g/mol. The Bertz CT molecular complexity index is 6690. The van der Waals surface area contributed by atoms with Crippen LogP contribution in [0.25, 0.3) is 44.7 Å². The number of carbonyl (C=O) groups is 6. The number of carboxylic acid groups (broad SMARTS) is 1. The molecule has 15 aromatic rings. The Morgan fingerprint density at radius 3 is 1.23 bits per heavy atom. The van der Waals surface area contributed by atoms with Crippen molar-refractivity contribution in [2.24, 2.45) is 0 Å². The summed E-state index contributed by atoms with van der Waals surface area (Å²) in [6, 6.07) is 55.0. The Morgan fingerprint density at radius 1 is 0.461 bits per heavy atom. The van der Waals surface area contributed by atoms with Crippen LogP contribution in [0.4, 0.5) is 34.1 Å². The molecule has 0 atom stereocenters. The maximum Gasteiger partial charge on any atom is 0.488 e. The Hall–Kier alpha value is -12.5. The maximum absolute atomic E-state index is 12.6. The molecule has 9 N–H and O–H groups in total. The number of nitro groups is 1. The number of carbonyl (C=O) groups excluding carboxylic acids is 5. The van der Waals surface area contributed by atoms with E-state index >= 15 is 0 Å². The number of aromatic nitrogens is 12. The van der Waals surface area contributed by atoms with Crippen molar-refractivity contribution < 1.29 is 63.1 Å². The quantitative estimate of drug-likeness (QED) is 0.0125. The van der Waals surface area contributed by atoms with Crippen LogP contribution in [0.5, 0.6) is 0 Å². The number of nitro benzene ring substituents is 1. The molecule has 19 rings (SSSR count). The SMILES string of the molecule is C1CCNCC1.C1CCNCC1.COC(=O)c1ccc(Nc2cccc(Cl)c2)c(N)c1.COC(=O)c1ccc(Nc2cccc(Cl)c2)c([N+](=O)[O-])c1.COC(=O)c1ccc2c(c1)nnn2-c1cccc(Cl)c1.O=C(O)c1cnc2c(Br)cnn2c1.O=C(c1ccc2c(c1)nnn2-c1cccc(Cl)c1)N1CCCCC1.O=C(c1cnc2c(Br)cnn2c1)N1CCCCC1.OB(O)c1cccc(Cl)c1.[CH3][Al]([CH3])[CH3]. The number of anilines is 5. The van der Waals surface area contributed by atoms with Crippen LogP contribution in [-0.4, -0.2) is 220 Å². The van der Waals surface area contributed by atoms with Crippen molar-refractivity contribution in [1.82, 2.24) is 79.6 Å². The molecule has 0 spiro atoms. The summed E-state index contributed by atoms with van der Waals surface area (Å²) < 4.78 is 21.9. The van der Waals surface area contributed by atoms with Crippen LogP contribution in [0.3, 0.4) is 0 Å². The molecule has 4 fully saturated rings. The van der Waals surface area contributed by atoms with Gasteiger partial charge in [0.05, 0.1) is 109 Å². The van der Waals surface area contributed by atoms with E-state index in [4.69, 9.17) is 78.9 Å². The molecule has 0 aliphatic carbocycles. The van der Waals surface area contributed by atoms with E-state index in [1.54, 1.807) is 142 Å². The second-order valence-corrected chi connectivity index (χ2v) is 39.8. The van der Waals surface area contributed by atoms with Gasteiger partial charge in [-0.3, -0.25) is 19.7 Å². The molecule has 4 aliphatic heterocycles. The molecule has 0 bridgehead atoms. The van der Waals surface area contributed by atoms with Crippen molar-refractivity contribution in [3.8, 4) is 11.4 Å². The Balaban J connectivity index is 0.000000166. The van der Waals surface area contributed by atoms with Crippen molar-refractivity contribution in [2.75, 3.05) is 90.1 Å². The second kappa shape index (κ2) is 56.8. The van der Waals surface area contributed by atoms with Crippen LogP contribution >= 0.6 is 89.9 Å². The third kappa shape index (κ3) is 34.4. The first-order valence-corrected chi connectivity index (χ1v) is 51.9. The highest BCUT2D eigenvalue weighted by Gasteiger charge is 2.24.